The molecule has 2 aromatic rings. The van der Waals surface area contributed by atoms with E-state index in [1.165, 1.54) is 6.92 Å². The van der Waals surface area contributed by atoms with E-state index in [1.54, 1.807) is 30.4 Å². The number of esters is 2. The number of halogens is 1. The molecule has 0 saturated heterocycles. The average Bonchev–Trinajstić information content (AvgIpc) is 2.89. The molecule has 24 heavy (non-hydrogen) atoms. The summed E-state index contributed by atoms with van der Waals surface area (Å²) in [6.45, 7) is 1.34. The van der Waals surface area contributed by atoms with E-state index in [1.807, 2.05) is 30.3 Å². The number of ether oxygens (including phenoxy) is 2. The minimum Gasteiger partial charge on any atom is -0.427 e. The van der Waals surface area contributed by atoms with Crippen molar-refractivity contribution in [1.29, 1.82) is 0 Å². The molecule has 0 amide bonds. The van der Waals surface area contributed by atoms with Crippen molar-refractivity contribution in [2.24, 2.45) is 0 Å². The summed E-state index contributed by atoms with van der Waals surface area (Å²) in [7, 11) is 0. The first-order chi connectivity index (χ1) is 11.5. The van der Waals surface area contributed by atoms with Crippen LogP contribution in [0.3, 0.4) is 0 Å². The third kappa shape index (κ3) is 3.81. The Morgan fingerprint density at radius 2 is 1.92 bits per heavy atom. The van der Waals surface area contributed by atoms with Gasteiger partial charge in [-0.15, -0.1) is 0 Å². The zero-order valence-corrected chi connectivity index (χ0v) is 14.4. The summed E-state index contributed by atoms with van der Waals surface area (Å²) in [5.41, 5.74) is 2.01. The van der Waals surface area contributed by atoms with Gasteiger partial charge in [0.2, 0.25) is 0 Å². The van der Waals surface area contributed by atoms with E-state index in [-0.39, 0.29) is 0 Å². The van der Waals surface area contributed by atoms with E-state index in [2.05, 4.69) is 15.9 Å². The van der Waals surface area contributed by atoms with Crippen LogP contribution in [0.5, 0.6) is 5.75 Å². The largest absolute Gasteiger partial charge is 0.427 e. The van der Waals surface area contributed by atoms with Crippen molar-refractivity contribution in [1.82, 2.24) is 0 Å². The molecule has 5 heteroatoms. The Balaban J connectivity index is 1.88. The highest BCUT2D eigenvalue weighted by molar-refractivity contribution is 9.10. The lowest BCUT2D eigenvalue weighted by Crippen LogP contribution is -2.01. The fourth-order valence-corrected chi connectivity index (χ4v) is 2.52. The van der Waals surface area contributed by atoms with Gasteiger partial charge >= 0.3 is 11.9 Å². The van der Waals surface area contributed by atoms with Crippen molar-refractivity contribution in [2.75, 3.05) is 0 Å². The predicted octanol–water partition coefficient (Wildman–Crippen LogP) is 4.36. The highest BCUT2D eigenvalue weighted by atomic mass is 79.9. The molecular formula is C19H13BrO4. The molecule has 0 N–H and O–H groups in total. The number of hydrogen-bond donors (Lipinski definition) is 0. The molecule has 0 fully saturated rings. The normalized spacial score (nSPS) is 15.2. The third-order valence-corrected chi connectivity index (χ3v) is 3.82. The van der Waals surface area contributed by atoms with Crippen LogP contribution in [0.4, 0.5) is 0 Å². The van der Waals surface area contributed by atoms with Crippen LogP contribution in [-0.4, -0.2) is 11.9 Å². The lowest BCUT2D eigenvalue weighted by atomic mass is 10.1. The van der Waals surface area contributed by atoms with Gasteiger partial charge < -0.3 is 9.47 Å². The molecule has 1 aliphatic rings. The van der Waals surface area contributed by atoms with E-state index >= 15 is 0 Å². The van der Waals surface area contributed by atoms with Gasteiger partial charge in [-0.25, -0.2) is 4.79 Å². The Bertz CT molecular complexity index is 863. The second-order valence-electron chi connectivity index (χ2n) is 5.17. The van der Waals surface area contributed by atoms with Crippen LogP contribution in [0.1, 0.15) is 18.1 Å². The van der Waals surface area contributed by atoms with Crippen LogP contribution in [-0.2, 0) is 14.3 Å². The summed E-state index contributed by atoms with van der Waals surface area (Å²) in [6, 6.07) is 14.4. The Morgan fingerprint density at radius 1 is 1.17 bits per heavy atom. The Hall–Kier alpha value is -2.66. The molecule has 0 saturated carbocycles. The molecular weight excluding hydrogens is 372 g/mol. The van der Waals surface area contributed by atoms with Gasteiger partial charge in [0.15, 0.2) is 0 Å². The highest BCUT2D eigenvalue weighted by Gasteiger charge is 2.21. The molecule has 0 spiro atoms. The SMILES string of the molecule is CC(=O)Oc1cccc(C=C2C=C(c3ccc(Br)cc3)OC2=O)c1. The highest BCUT2D eigenvalue weighted by Crippen LogP contribution is 2.28. The molecule has 4 nitrogen and oxygen atoms in total. The maximum Gasteiger partial charge on any atom is 0.343 e. The summed E-state index contributed by atoms with van der Waals surface area (Å²) in [5, 5.41) is 0. The minimum atomic E-state index is -0.411. The standard InChI is InChI=1S/C19H13BrO4/c1-12(21)23-17-4-2-3-13(10-17)9-15-11-18(24-19(15)22)14-5-7-16(20)8-6-14/h2-11H,1H3. The lowest BCUT2D eigenvalue weighted by molar-refractivity contribution is -0.132. The molecule has 120 valence electrons. The minimum absolute atomic E-state index is 0.391. The summed E-state index contributed by atoms with van der Waals surface area (Å²) >= 11 is 3.37. The van der Waals surface area contributed by atoms with Gasteiger partial charge in [-0.05, 0) is 42.0 Å². The number of cyclic esters (lactones) is 1. The fourth-order valence-electron chi connectivity index (χ4n) is 2.26. The van der Waals surface area contributed by atoms with Gasteiger partial charge in [-0.2, -0.15) is 0 Å². The second-order valence-corrected chi connectivity index (χ2v) is 6.09. The summed E-state index contributed by atoms with van der Waals surface area (Å²) < 4.78 is 11.3. The number of carbonyl (C=O) groups is 2. The van der Waals surface area contributed by atoms with Crippen LogP contribution in [0.25, 0.3) is 11.8 Å². The van der Waals surface area contributed by atoms with E-state index in [0.717, 1.165) is 15.6 Å². The number of carbonyl (C=O) groups excluding carboxylic acids is 2. The molecule has 1 aliphatic heterocycles. The smallest absolute Gasteiger partial charge is 0.343 e. The van der Waals surface area contributed by atoms with Crippen molar-refractivity contribution >= 4 is 39.7 Å². The maximum atomic E-state index is 12.1. The van der Waals surface area contributed by atoms with Gasteiger partial charge in [0, 0.05) is 17.0 Å². The summed E-state index contributed by atoms with van der Waals surface area (Å²) in [5.74, 6) is 0.138. The molecule has 0 unspecified atom stereocenters. The first-order valence-corrected chi connectivity index (χ1v) is 8.00. The van der Waals surface area contributed by atoms with Crippen LogP contribution < -0.4 is 4.74 Å². The van der Waals surface area contributed by atoms with Crippen molar-refractivity contribution in [3.63, 3.8) is 0 Å². The number of benzene rings is 2. The van der Waals surface area contributed by atoms with Gasteiger partial charge in [-0.3, -0.25) is 4.79 Å². The monoisotopic (exact) mass is 384 g/mol. The summed E-state index contributed by atoms with van der Waals surface area (Å²) in [4.78, 5) is 23.1. The van der Waals surface area contributed by atoms with Crippen molar-refractivity contribution < 1.29 is 19.1 Å². The van der Waals surface area contributed by atoms with Crippen molar-refractivity contribution in [2.45, 2.75) is 6.92 Å². The van der Waals surface area contributed by atoms with Gasteiger partial charge in [0.1, 0.15) is 11.5 Å². The van der Waals surface area contributed by atoms with Crippen LogP contribution in [0, 0.1) is 0 Å². The molecule has 0 bridgehead atoms. The molecule has 0 radical (unpaired) electrons. The average molecular weight is 385 g/mol. The van der Waals surface area contributed by atoms with Gasteiger partial charge in [0.05, 0.1) is 5.57 Å². The van der Waals surface area contributed by atoms with Crippen LogP contribution in [0.2, 0.25) is 0 Å². The van der Waals surface area contributed by atoms with E-state index in [4.69, 9.17) is 9.47 Å². The predicted molar refractivity (Wildman–Crippen MR) is 93.9 cm³/mol. The Labute approximate surface area is 147 Å². The molecule has 0 aromatic heterocycles. The summed E-state index contributed by atoms with van der Waals surface area (Å²) in [6.07, 6.45) is 3.39. The lowest BCUT2D eigenvalue weighted by Gasteiger charge is -2.02. The van der Waals surface area contributed by atoms with Gasteiger partial charge in [-0.1, -0.05) is 40.2 Å². The van der Waals surface area contributed by atoms with Crippen LogP contribution in [0.15, 0.2) is 64.7 Å². The molecule has 0 atom stereocenters. The fraction of sp³-hybridized carbons (Fsp3) is 0.0526. The first-order valence-electron chi connectivity index (χ1n) is 7.21. The zero-order valence-electron chi connectivity index (χ0n) is 12.8. The van der Waals surface area contributed by atoms with E-state index < -0.39 is 11.9 Å². The molecule has 1 heterocycles. The second kappa shape index (κ2) is 6.84. The number of hydrogen-bond acceptors (Lipinski definition) is 4. The van der Waals surface area contributed by atoms with E-state index in [0.29, 0.717) is 17.1 Å². The first kappa shape index (κ1) is 16.2. The molecule has 2 aromatic carbocycles. The van der Waals surface area contributed by atoms with Crippen molar-refractivity contribution in [3.05, 3.63) is 75.8 Å². The zero-order chi connectivity index (χ0) is 17.1. The van der Waals surface area contributed by atoms with Gasteiger partial charge in [0.25, 0.3) is 0 Å². The molecule has 0 aliphatic carbocycles. The Kier molecular flexibility index (Phi) is 4.62. The quantitative estimate of drug-likeness (QED) is 0.448. The topological polar surface area (TPSA) is 52.6 Å². The maximum absolute atomic E-state index is 12.1. The Morgan fingerprint density at radius 3 is 2.62 bits per heavy atom. The van der Waals surface area contributed by atoms with E-state index in [9.17, 15) is 9.59 Å². The van der Waals surface area contributed by atoms with Crippen LogP contribution >= 0.6 is 15.9 Å². The van der Waals surface area contributed by atoms with Crippen molar-refractivity contribution in [3.8, 4) is 5.75 Å². The third-order valence-electron chi connectivity index (χ3n) is 3.30. The number of rotatable bonds is 3. The molecule has 3 rings (SSSR count).